The largest absolute Gasteiger partial charge is 0.393 e. The number of rotatable bonds is 9. The van der Waals surface area contributed by atoms with Crippen LogP contribution < -0.4 is 5.32 Å². The van der Waals surface area contributed by atoms with Crippen LogP contribution in [0.4, 0.5) is 4.79 Å². The first kappa shape index (κ1) is 38.2. The number of carbonyl (C=O) groups is 2. The molecule has 278 valence electrons. The van der Waals surface area contributed by atoms with Crippen molar-refractivity contribution < 1.29 is 19.8 Å². The third kappa shape index (κ3) is 8.35. The van der Waals surface area contributed by atoms with Gasteiger partial charge in [-0.05, 0) is 105 Å². The molecule has 0 spiro atoms. The van der Waals surface area contributed by atoms with E-state index in [4.69, 9.17) is 0 Å². The van der Waals surface area contributed by atoms with Crippen molar-refractivity contribution in [3.63, 3.8) is 0 Å². The zero-order valence-electron chi connectivity index (χ0n) is 31.9. The van der Waals surface area contributed by atoms with E-state index in [1.165, 1.54) is 5.57 Å². The molecule has 7 rings (SSSR count). The Morgan fingerprint density at radius 3 is 2.34 bits per heavy atom. The molecule has 5 unspecified atom stereocenters. The fourth-order valence-corrected chi connectivity index (χ4v) is 8.83. The number of amides is 2. The van der Waals surface area contributed by atoms with Crippen LogP contribution in [0, 0.1) is 5.41 Å². The van der Waals surface area contributed by atoms with Crippen LogP contribution in [0.15, 0.2) is 115 Å². The van der Waals surface area contributed by atoms with Crippen molar-refractivity contribution >= 4 is 11.8 Å². The summed E-state index contributed by atoms with van der Waals surface area (Å²) in [6.45, 7) is 9.07. The van der Waals surface area contributed by atoms with Gasteiger partial charge in [0.15, 0.2) is 5.78 Å². The van der Waals surface area contributed by atoms with Crippen LogP contribution in [0.3, 0.4) is 0 Å². The lowest BCUT2D eigenvalue weighted by atomic mass is 9.64. The highest BCUT2D eigenvalue weighted by atomic mass is 16.3. The minimum absolute atomic E-state index is 0.0571. The highest BCUT2D eigenvalue weighted by Gasteiger charge is 2.57. The Morgan fingerprint density at radius 2 is 1.60 bits per heavy atom. The van der Waals surface area contributed by atoms with Crippen molar-refractivity contribution in [2.45, 2.75) is 103 Å². The number of aliphatic hydroxyl groups is 2. The normalized spacial score (nSPS) is 23.7. The number of nitrogens with one attached hydrogen (secondary N) is 1. The molecular formula is C47H56N2O4. The number of aliphatic hydroxyl groups excluding tert-OH is 1. The standard InChI is InChI=1S/C47H56N2O4/c1-5-29-49(45(52)48-34(3)36-16-8-6-9-17-36)32-47(53)28-26-43-40-25-23-35(30-38(50)24-22-33(2)15-14-27-46(43,47)4)31-42(40)44(51)41-21-13-12-20-39(41)37-18-10-7-11-19-37/h6-13,15-21,23,25,31,34,38,43,50,53H,5,14,22,24,26-30,32H2,1-4H3,(H,48,52). The summed E-state index contributed by atoms with van der Waals surface area (Å²) in [5.41, 5.74) is 5.37. The topological polar surface area (TPSA) is 89.9 Å². The van der Waals surface area contributed by atoms with Crippen LogP contribution in [0.25, 0.3) is 11.1 Å². The Balaban J connectivity index is 1.41. The summed E-state index contributed by atoms with van der Waals surface area (Å²) in [7, 11) is 0. The molecule has 5 atom stereocenters. The Labute approximate surface area is 316 Å². The molecule has 3 aliphatic rings. The Kier molecular flexibility index (Phi) is 12.0. The summed E-state index contributed by atoms with van der Waals surface area (Å²) >= 11 is 0. The number of benzene rings is 4. The number of fused-ring (bicyclic) bond motifs is 8. The highest BCUT2D eigenvalue weighted by Crippen LogP contribution is 2.59. The van der Waals surface area contributed by atoms with E-state index >= 15 is 0 Å². The van der Waals surface area contributed by atoms with Crippen LogP contribution in [0.5, 0.6) is 0 Å². The summed E-state index contributed by atoms with van der Waals surface area (Å²) in [6, 6.07) is 33.5. The molecule has 3 aliphatic carbocycles. The first-order valence-electron chi connectivity index (χ1n) is 19.5. The number of ketones is 1. The molecule has 4 aromatic carbocycles. The fraction of sp³-hybridized carbons (Fsp3) is 0.404. The van der Waals surface area contributed by atoms with E-state index in [-0.39, 0.29) is 30.3 Å². The van der Waals surface area contributed by atoms with E-state index in [0.29, 0.717) is 49.8 Å². The minimum atomic E-state index is -1.20. The van der Waals surface area contributed by atoms with Crippen molar-refractivity contribution in [2.75, 3.05) is 13.1 Å². The van der Waals surface area contributed by atoms with Gasteiger partial charge in [0, 0.05) is 23.1 Å². The summed E-state index contributed by atoms with van der Waals surface area (Å²) < 4.78 is 0. The third-order valence-electron chi connectivity index (χ3n) is 12.0. The van der Waals surface area contributed by atoms with Crippen molar-refractivity contribution in [1.29, 1.82) is 0 Å². The Bertz CT molecular complexity index is 1910. The lowest BCUT2D eigenvalue weighted by Crippen LogP contribution is -2.55. The molecule has 6 heteroatoms. The van der Waals surface area contributed by atoms with E-state index in [1.54, 1.807) is 4.90 Å². The second-order valence-electron chi connectivity index (χ2n) is 15.7. The highest BCUT2D eigenvalue weighted by molar-refractivity contribution is 6.13. The van der Waals surface area contributed by atoms with Gasteiger partial charge in [-0.15, -0.1) is 0 Å². The maximum absolute atomic E-state index is 14.9. The summed E-state index contributed by atoms with van der Waals surface area (Å²) in [6.07, 6.45) is 7.00. The number of hydrogen-bond donors (Lipinski definition) is 3. The van der Waals surface area contributed by atoms with Gasteiger partial charge < -0.3 is 20.4 Å². The zero-order chi connectivity index (χ0) is 37.6. The third-order valence-corrected chi connectivity index (χ3v) is 12.0. The van der Waals surface area contributed by atoms with Crippen molar-refractivity contribution in [1.82, 2.24) is 10.2 Å². The van der Waals surface area contributed by atoms with Gasteiger partial charge in [-0.3, -0.25) is 4.79 Å². The molecule has 0 heterocycles. The van der Waals surface area contributed by atoms with Gasteiger partial charge >= 0.3 is 6.03 Å². The molecule has 53 heavy (non-hydrogen) atoms. The van der Waals surface area contributed by atoms with Crippen LogP contribution in [0.1, 0.15) is 117 Å². The second-order valence-corrected chi connectivity index (χ2v) is 15.7. The van der Waals surface area contributed by atoms with Crippen molar-refractivity contribution in [3.05, 3.63) is 143 Å². The Hall–Kier alpha value is -4.52. The number of hydrogen-bond acceptors (Lipinski definition) is 4. The molecule has 0 aliphatic heterocycles. The average molecular weight is 713 g/mol. The number of carbonyl (C=O) groups excluding carboxylic acids is 2. The van der Waals surface area contributed by atoms with Crippen LogP contribution in [0.2, 0.25) is 0 Å². The molecule has 1 fully saturated rings. The maximum Gasteiger partial charge on any atom is 0.317 e. The molecule has 2 amide bonds. The van der Waals surface area contributed by atoms with Gasteiger partial charge in [-0.1, -0.05) is 123 Å². The summed E-state index contributed by atoms with van der Waals surface area (Å²) in [4.78, 5) is 30.7. The van der Waals surface area contributed by atoms with Crippen molar-refractivity contribution in [2.24, 2.45) is 5.41 Å². The molecule has 6 nitrogen and oxygen atoms in total. The first-order chi connectivity index (χ1) is 25.5. The van der Waals surface area contributed by atoms with Gasteiger partial charge in [0.25, 0.3) is 0 Å². The Morgan fingerprint density at radius 1 is 0.906 bits per heavy atom. The van der Waals surface area contributed by atoms with Gasteiger partial charge in [0.2, 0.25) is 0 Å². The quantitative estimate of drug-likeness (QED) is 0.119. The average Bonchev–Trinajstić information content (AvgIpc) is 3.42. The SMILES string of the molecule is CCCN(CC1(O)CCC2c3ccc(cc3C(=O)c3ccccc3-c3ccccc3)CC(O)CCC(C)=CCCC21C)C(=O)NC(C)c1ccccc1. The lowest BCUT2D eigenvalue weighted by molar-refractivity contribution is -0.0770. The number of nitrogens with zero attached hydrogens (tertiary/aromatic N) is 1. The van der Waals surface area contributed by atoms with Gasteiger partial charge in [-0.25, -0.2) is 4.79 Å². The monoisotopic (exact) mass is 712 g/mol. The maximum atomic E-state index is 14.9. The van der Waals surface area contributed by atoms with E-state index in [1.807, 2.05) is 97.9 Å². The molecule has 1 saturated carbocycles. The van der Waals surface area contributed by atoms with Crippen LogP contribution in [-0.4, -0.2) is 51.7 Å². The zero-order valence-corrected chi connectivity index (χ0v) is 31.9. The minimum Gasteiger partial charge on any atom is -0.393 e. The van der Waals surface area contributed by atoms with Crippen molar-refractivity contribution in [3.8, 4) is 11.1 Å². The molecule has 0 aromatic heterocycles. The van der Waals surface area contributed by atoms with E-state index in [9.17, 15) is 19.8 Å². The lowest BCUT2D eigenvalue weighted by Gasteiger charge is -2.46. The van der Waals surface area contributed by atoms with Crippen LogP contribution in [-0.2, 0) is 6.42 Å². The number of urea groups is 1. The molecule has 4 aromatic rings. The predicted octanol–water partition coefficient (Wildman–Crippen LogP) is 9.81. The van der Waals surface area contributed by atoms with Gasteiger partial charge in [0.1, 0.15) is 0 Å². The van der Waals surface area contributed by atoms with E-state index < -0.39 is 17.1 Å². The fourth-order valence-electron chi connectivity index (χ4n) is 8.83. The van der Waals surface area contributed by atoms with E-state index in [0.717, 1.165) is 47.1 Å². The smallest absolute Gasteiger partial charge is 0.317 e. The first-order valence-corrected chi connectivity index (χ1v) is 19.5. The summed E-state index contributed by atoms with van der Waals surface area (Å²) in [5.74, 6) is -0.195. The van der Waals surface area contributed by atoms with Gasteiger partial charge in [0.05, 0.1) is 24.3 Å². The number of allylic oxidation sites excluding steroid dienone is 2. The molecule has 2 bridgehead atoms. The molecule has 3 N–H and O–H groups in total. The molecule has 0 radical (unpaired) electrons. The van der Waals surface area contributed by atoms with Crippen LogP contribution >= 0.6 is 0 Å². The second kappa shape index (κ2) is 16.7. The summed E-state index contributed by atoms with van der Waals surface area (Å²) in [5, 5.41) is 27.2. The molecule has 0 saturated heterocycles. The van der Waals surface area contributed by atoms with E-state index in [2.05, 4.69) is 44.3 Å². The molecular weight excluding hydrogens is 657 g/mol. The van der Waals surface area contributed by atoms with Gasteiger partial charge in [-0.2, -0.15) is 0 Å². The predicted molar refractivity (Wildman–Crippen MR) is 214 cm³/mol.